The molecular weight excluding hydrogens is 452 g/mol. The van der Waals surface area contributed by atoms with Crippen LogP contribution in [0.3, 0.4) is 0 Å². The normalized spacial score (nSPS) is 11.0. The summed E-state index contributed by atoms with van der Waals surface area (Å²) < 4.78 is 13.0. The standard InChI is InChI=1S/C24H20N6O3S/c1-16-6-4-8-18(12-16)30-22(20-9-5-11-32-20)28-29-24(30)34-15-21-27-19(14-33-21)23(31)26-13-17-7-2-3-10-25-17/h2-12,14H,13,15H2,1H3,(H,26,31). The number of carbonyl (C=O) groups is 1. The van der Waals surface area contributed by atoms with Crippen molar-refractivity contribution in [2.75, 3.05) is 0 Å². The number of aryl methyl sites for hydroxylation is 1. The van der Waals surface area contributed by atoms with Gasteiger partial charge in [-0.2, -0.15) is 0 Å². The average molecular weight is 473 g/mol. The van der Waals surface area contributed by atoms with E-state index in [4.69, 9.17) is 8.83 Å². The van der Waals surface area contributed by atoms with E-state index in [1.807, 2.05) is 60.0 Å². The molecule has 5 rings (SSSR count). The van der Waals surface area contributed by atoms with Crippen LogP contribution >= 0.6 is 11.8 Å². The molecule has 4 aromatic heterocycles. The second-order valence-electron chi connectivity index (χ2n) is 7.38. The number of oxazole rings is 1. The molecule has 0 atom stereocenters. The number of amides is 1. The molecule has 0 bridgehead atoms. The van der Waals surface area contributed by atoms with Crippen LogP contribution in [0.1, 0.15) is 27.6 Å². The zero-order valence-electron chi connectivity index (χ0n) is 18.2. The smallest absolute Gasteiger partial charge is 0.273 e. The van der Waals surface area contributed by atoms with Crippen LogP contribution in [-0.4, -0.2) is 30.6 Å². The number of pyridine rings is 1. The van der Waals surface area contributed by atoms with Gasteiger partial charge in [-0.3, -0.25) is 14.3 Å². The third-order valence-corrected chi connectivity index (χ3v) is 5.81. The fourth-order valence-electron chi connectivity index (χ4n) is 3.30. The van der Waals surface area contributed by atoms with E-state index in [0.29, 0.717) is 34.9 Å². The van der Waals surface area contributed by atoms with Gasteiger partial charge in [-0.15, -0.1) is 10.2 Å². The van der Waals surface area contributed by atoms with E-state index in [1.54, 1.807) is 12.5 Å². The van der Waals surface area contributed by atoms with E-state index in [9.17, 15) is 4.79 Å². The summed E-state index contributed by atoms with van der Waals surface area (Å²) in [6.45, 7) is 2.34. The van der Waals surface area contributed by atoms with Crippen molar-refractivity contribution < 1.29 is 13.6 Å². The number of hydrogen-bond donors (Lipinski definition) is 1. The van der Waals surface area contributed by atoms with E-state index in [1.165, 1.54) is 18.0 Å². The Kier molecular flexibility index (Phi) is 6.21. The highest BCUT2D eigenvalue weighted by Gasteiger charge is 2.19. The molecule has 1 N–H and O–H groups in total. The van der Waals surface area contributed by atoms with Crippen LogP contribution < -0.4 is 5.32 Å². The predicted octanol–water partition coefficient (Wildman–Crippen LogP) is 4.44. The highest BCUT2D eigenvalue weighted by Crippen LogP contribution is 2.30. The topological polar surface area (TPSA) is 112 Å². The predicted molar refractivity (Wildman–Crippen MR) is 125 cm³/mol. The lowest BCUT2D eigenvalue weighted by atomic mass is 10.2. The third-order valence-electron chi connectivity index (χ3n) is 4.90. The van der Waals surface area contributed by atoms with Gasteiger partial charge in [0.25, 0.3) is 5.91 Å². The first kappa shape index (κ1) is 21.7. The van der Waals surface area contributed by atoms with Crippen LogP contribution in [0.5, 0.6) is 0 Å². The van der Waals surface area contributed by atoms with Crippen molar-refractivity contribution in [3.05, 3.63) is 96.2 Å². The molecule has 0 unspecified atom stereocenters. The molecule has 170 valence electrons. The summed E-state index contributed by atoms with van der Waals surface area (Å²) in [5.41, 5.74) is 3.00. The third kappa shape index (κ3) is 4.76. The zero-order valence-corrected chi connectivity index (χ0v) is 19.0. The lowest BCUT2D eigenvalue weighted by Crippen LogP contribution is -2.23. The molecule has 0 aliphatic rings. The van der Waals surface area contributed by atoms with Crippen LogP contribution in [0.4, 0.5) is 0 Å². The molecule has 0 fully saturated rings. The molecule has 1 aromatic carbocycles. The quantitative estimate of drug-likeness (QED) is 0.330. The number of carbonyl (C=O) groups excluding carboxylic acids is 1. The maximum atomic E-state index is 12.4. The van der Waals surface area contributed by atoms with Gasteiger partial charge in [0, 0.05) is 6.20 Å². The van der Waals surface area contributed by atoms with Crippen molar-refractivity contribution in [2.24, 2.45) is 0 Å². The summed E-state index contributed by atoms with van der Waals surface area (Å²) >= 11 is 1.40. The number of hydrogen-bond acceptors (Lipinski definition) is 8. The van der Waals surface area contributed by atoms with Crippen LogP contribution in [0.25, 0.3) is 17.3 Å². The van der Waals surface area contributed by atoms with E-state index in [0.717, 1.165) is 16.9 Å². The molecule has 0 radical (unpaired) electrons. The summed E-state index contributed by atoms with van der Waals surface area (Å²) in [7, 11) is 0. The summed E-state index contributed by atoms with van der Waals surface area (Å²) in [5.74, 6) is 1.67. The number of rotatable bonds is 8. The molecule has 9 nitrogen and oxygen atoms in total. The van der Waals surface area contributed by atoms with Crippen molar-refractivity contribution in [3.8, 4) is 17.3 Å². The van der Waals surface area contributed by atoms with Gasteiger partial charge in [-0.25, -0.2) is 4.98 Å². The average Bonchev–Trinajstić information content (AvgIpc) is 3.62. The minimum absolute atomic E-state index is 0.211. The summed E-state index contributed by atoms with van der Waals surface area (Å²) in [5, 5.41) is 12.1. The minimum atomic E-state index is -0.325. The van der Waals surface area contributed by atoms with Crippen LogP contribution in [-0.2, 0) is 12.3 Å². The highest BCUT2D eigenvalue weighted by atomic mass is 32.2. The molecule has 0 saturated heterocycles. The number of nitrogens with zero attached hydrogens (tertiary/aromatic N) is 5. The maximum Gasteiger partial charge on any atom is 0.273 e. The van der Waals surface area contributed by atoms with Crippen molar-refractivity contribution in [1.82, 2.24) is 30.0 Å². The molecule has 4 heterocycles. The first-order valence-electron chi connectivity index (χ1n) is 10.5. The van der Waals surface area contributed by atoms with Crippen LogP contribution in [0.15, 0.2) is 87.3 Å². The Balaban J connectivity index is 1.31. The molecule has 10 heteroatoms. The van der Waals surface area contributed by atoms with Gasteiger partial charge in [0.2, 0.25) is 11.7 Å². The van der Waals surface area contributed by atoms with Gasteiger partial charge < -0.3 is 14.2 Å². The van der Waals surface area contributed by atoms with Gasteiger partial charge in [0.15, 0.2) is 16.6 Å². The van der Waals surface area contributed by atoms with Crippen molar-refractivity contribution >= 4 is 17.7 Å². The Bertz CT molecular complexity index is 1400. The number of aromatic nitrogens is 5. The second-order valence-corrected chi connectivity index (χ2v) is 8.32. The summed E-state index contributed by atoms with van der Waals surface area (Å²) in [4.78, 5) is 20.9. The Hall–Kier alpha value is -4.18. The van der Waals surface area contributed by atoms with E-state index < -0.39 is 0 Å². The lowest BCUT2D eigenvalue weighted by molar-refractivity contribution is 0.0945. The van der Waals surface area contributed by atoms with Gasteiger partial charge in [-0.1, -0.05) is 30.0 Å². The lowest BCUT2D eigenvalue weighted by Gasteiger charge is -2.09. The molecule has 0 saturated carbocycles. The Labute approximate surface area is 199 Å². The SMILES string of the molecule is Cc1cccc(-n2c(SCc3nc(C(=O)NCc4ccccn4)co3)nnc2-c2ccco2)c1. The molecular formula is C24H20N6O3S. The van der Waals surface area contributed by atoms with Crippen molar-refractivity contribution in [3.63, 3.8) is 0 Å². The number of furan rings is 1. The fourth-order valence-corrected chi connectivity index (χ4v) is 4.11. The van der Waals surface area contributed by atoms with Gasteiger partial charge in [-0.05, 0) is 48.9 Å². The van der Waals surface area contributed by atoms with Gasteiger partial charge in [0.1, 0.15) is 6.26 Å². The Morgan fingerprint density at radius 3 is 2.82 bits per heavy atom. The summed E-state index contributed by atoms with van der Waals surface area (Å²) in [6.07, 6.45) is 4.63. The molecule has 0 aliphatic carbocycles. The molecule has 1 amide bonds. The van der Waals surface area contributed by atoms with Gasteiger partial charge in [0.05, 0.1) is 29.9 Å². The monoisotopic (exact) mass is 472 g/mol. The zero-order chi connectivity index (χ0) is 23.3. The largest absolute Gasteiger partial charge is 0.461 e. The number of nitrogens with one attached hydrogen (secondary N) is 1. The molecule has 34 heavy (non-hydrogen) atoms. The van der Waals surface area contributed by atoms with Crippen LogP contribution in [0.2, 0.25) is 0 Å². The Morgan fingerprint density at radius 2 is 2.03 bits per heavy atom. The van der Waals surface area contributed by atoms with E-state index in [2.05, 4.69) is 31.5 Å². The molecule has 5 aromatic rings. The fraction of sp³-hybridized carbons (Fsp3) is 0.125. The molecule has 0 aliphatic heterocycles. The molecule has 0 spiro atoms. The van der Waals surface area contributed by atoms with Gasteiger partial charge >= 0.3 is 0 Å². The minimum Gasteiger partial charge on any atom is -0.461 e. The van der Waals surface area contributed by atoms with E-state index >= 15 is 0 Å². The summed E-state index contributed by atoms with van der Waals surface area (Å²) in [6, 6.07) is 17.2. The van der Waals surface area contributed by atoms with Crippen LogP contribution in [0, 0.1) is 6.92 Å². The Morgan fingerprint density at radius 1 is 1.09 bits per heavy atom. The number of thioether (sulfide) groups is 1. The maximum absolute atomic E-state index is 12.4. The number of benzene rings is 1. The first-order chi connectivity index (χ1) is 16.7. The van der Waals surface area contributed by atoms with E-state index in [-0.39, 0.29) is 11.6 Å². The highest BCUT2D eigenvalue weighted by molar-refractivity contribution is 7.98. The van der Waals surface area contributed by atoms with Crippen molar-refractivity contribution in [1.29, 1.82) is 0 Å². The second kappa shape index (κ2) is 9.75. The first-order valence-corrected chi connectivity index (χ1v) is 11.5. The van der Waals surface area contributed by atoms with Crippen molar-refractivity contribution in [2.45, 2.75) is 24.4 Å².